The first-order valence-corrected chi connectivity index (χ1v) is 8.95. The van der Waals surface area contributed by atoms with Crippen molar-refractivity contribution >= 4 is 17.5 Å². The fourth-order valence-electron chi connectivity index (χ4n) is 3.94. The largest absolute Gasteiger partial charge is 0.364 e. The Morgan fingerprint density at radius 1 is 1.22 bits per heavy atom. The Hall–Kier alpha value is -1.10. The zero-order valence-electron chi connectivity index (χ0n) is 13.9. The molecule has 1 amide bonds. The van der Waals surface area contributed by atoms with Gasteiger partial charge in [0.15, 0.2) is 0 Å². The number of hydrogen-bond donors (Lipinski definition) is 1. The van der Waals surface area contributed by atoms with E-state index in [2.05, 4.69) is 13.8 Å². The minimum Gasteiger partial charge on any atom is -0.364 e. The van der Waals surface area contributed by atoms with Crippen molar-refractivity contribution in [3.8, 4) is 0 Å². The molecular formula is C18H26ClN2O2+. The normalized spacial score (nSPS) is 29.5. The SMILES string of the molecule is C[C@@H]1C[NH+](C2CCN(C(=O)c3cccc(Cl)c3)CC2)C[C@@H](C)O1. The maximum absolute atomic E-state index is 12.6. The van der Waals surface area contributed by atoms with Crippen molar-refractivity contribution in [1.82, 2.24) is 4.90 Å². The van der Waals surface area contributed by atoms with Gasteiger partial charge in [-0.2, -0.15) is 0 Å². The topological polar surface area (TPSA) is 34.0 Å². The summed E-state index contributed by atoms with van der Waals surface area (Å²) < 4.78 is 5.84. The Labute approximate surface area is 143 Å². The number of quaternary nitrogens is 1. The van der Waals surface area contributed by atoms with E-state index in [9.17, 15) is 4.79 Å². The van der Waals surface area contributed by atoms with Crippen LogP contribution in [0.4, 0.5) is 0 Å². The number of nitrogens with zero attached hydrogens (tertiary/aromatic N) is 1. The molecule has 3 rings (SSSR count). The molecule has 4 nitrogen and oxygen atoms in total. The van der Waals surface area contributed by atoms with E-state index in [4.69, 9.17) is 16.3 Å². The Bertz CT molecular complexity index is 548. The standard InChI is InChI=1S/C18H25ClN2O2/c1-13-11-21(12-14(2)23-13)17-6-8-20(9-7-17)18(22)15-4-3-5-16(19)10-15/h3-5,10,13-14,17H,6-9,11-12H2,1-2H3/p+1/t13-,14-/m1/s1. The van der Waals surface area contributed by atoms with Gasteiger partial charge in [0.25, 0.3) is 5.91 Å². The van der Waals surface area contributed by atoms with Crippen LogP contribution < -0.4 is 4.90 Å². The first kappa shape index (κ1) is 16.7. The summed E-state index contributed by atoms with van der Waals surface area (Å²) in [5.41, 5.74) is 0.692. The van der Waals surface area contributed by atoms with Gasteiger partial charge < -0.3 is 14.5 Å². The van der Waals surface area contributed by atoms with E-state index in [-0.39, 0.29) is 5.91 Å². The Morgan fingerprint density at radius 3 is 2.48 bits per heavy atom. The Balaban J connectivity index is 1.57. The van der Waals surface area contributed by atoms with Gasteiger partial charge in [-0.05, 0) is 32.0 Å². The third-order valence-corrected chi connectivity index (χ3v) is 5.23. The van der Waals surface area contributed by atoms with Crippen molar-refractivity contribution in [2.75, 3.05) is 26.2 Å². The molecule has 2 aliphatic heterocycles. The number of rotatable bonds is 2. The van der Waals surface area contributed by atoms with Crippen LogP contribution in [-0.4, -0.2) is 55.2 Å². The lowest BCUT2D eigenvalue weighted by Gasteiger charge is -2.41. The molecule has 2 saturated heterocycles. The molecule has 0 unspecified atom stereocenters. The molecule has 2 atom stereocenters. The van der Waals surface area contributed by atoms with Crippen LogP contribution in [0, 0.1) is 0 Å². The third kappa shape index (κ3) is 4.06. The fraction of sp³-hybridized carbons (Fsp3) is 0.611. The molecule has 0 aromatic heterocycles. The number of halogens is 1. The maximum atomic E-state index is 12.6. The average molecular weight is 338 g/mol. The number of amides is 1. The van der Waals surface area contributed by atoms with E-state index in [1.165, 1.54) is 0 Å². The second-order valence-electron chi connectivity index (χ2n) is 6.90. The number of morpholine rings is 1. The second-order valence-corrected chi connectivity index (χ2v) is 7.34. The molecule has 23 heavy (non-hydrogen) atoms. The Morgan fingerprint density at radius 2 is 1.87 bits per heavy atom. The number of nitrogens with one attached hydrogen (secondary N) is 1. The predicted molar refractivity (Wildman–Crippen MR) is 91.1 cm³/mol. The maximum Gasteiger partial charge on any atom is 0.253 e. The second kappa shape index (κ2) is 7.20. The lowest BCUT2D eigenvalue weighted by atomic mass is 10.0. The van der Waals surface area contributed by atoms with Gasteiger partial charge in [-0.15, -0.1) is 0 Å². The van der Waals surface area contributed by atoms with Crippen LogP contribution in [0.25, 0.3) is 0 Å². The van der Waals surface area contributed by atoms with Crippen LogP contribution in [0.1, 0.15) is 37.0 Å². The highest BCUT2D eigenvalue weighted by Crippen LogP contribution is 2.16. The molecule has 126 valence electrons. The lowest BCUT2D eigenvalue weighted by Crippen LogP contribution is -3.19. The van der Waals surface area contributed by atoms with Gasteiger partial charge in [-0.25, -0.2) is 0 Å². The van der Waals surface area contributed by atoms with Crippen molar-refractivity contribution in [2.24, 2.45) is 0 Å². The number of benzene rings is 1. The van der Waals surface area contributed by atoms with Crippen molar-refractivity contribution in [1.29, 1.82) is 0 Å². The summed E-state index contributed by atoms with van der Waals surface area (Å²) in [4.78, 5) is 16.2. The van der Waals surface area contributed by atoms with Gasteiger partial charge in [0.1, 0.15) is 25.3 Å². The minimum absolute atomic E-state index is 0.102. The number of ether oxygens (including phenoxy) is 1. The zero-order valence-corrected chi connectivity index (χ0v) is 14.7. The Kier molecular flexibility index (Phi) is 5.24. The van der Waals surface area contributed by atoms with Crippen LogP contribution in [-0.2, 0) is 4.74 Å². The van der Waals surface area contributed by atoms with E-state index in [0.717, 1.165) is 39.0 Å². The molecule has 0 radical (unpaired) electrons. The van der Waals surface area contributed by atoms with Crippen LogP contribution in [0.3, 0.4) is 0 Å². The molecule has 1 N–H and O–H groups in total. The summed E-state index contributed by atoms with van der Waals surface area (Å²) in [6.07, 6.45) is 2.81. The molecule has 2 fully saturated rings. The van der Waals surface area contributed by atoms with Crippen LogP contribution >= 0.6 is 11.6 Å². The number of carbonyl (C=O) groups excluding carboxylic acids is 1. The van der Waals surface area contributed by atoms with Crippen molar-refractivity contribution in [2.45, 2.75) is 44.9 Å². The number of likely N-dealkylation sites (tertiary alicyclic amines) is 1. The molecule has 0 bridgehead atoms. The first-order valence-electron chi connectivity index (χ1n) is 8.58. The summed E-state index contributed by atoms with van der Waals surface area (Å²) in [6.45, 7) is 8.15. The molecule has 2 heterocycles. The minimum atomic E-state index is 0.102. The van der Waals surface area contributed by atoms with Gasteiger partial charge in [-0.3, -0.25) is 4.79 Å². The van der Waals surface area contributed by atoms with E-state index in [0.29, 0.717) is 28.8 Å². The molecule has 0 saturated carbocycles. The van der Waals surface area contributed by atoms with E-state index >= 15 is 0 Å². The first-order chi connectivity index (χ1) is 11.0. The van der Waals surface area contributed by atoms with E-state index in [1.54, 1.807) is 17.0 Å². The molecule has 0 spiro atoms. The van der Waals surface area contributed by atoms with Crippen molar-refractivity contribution in [3.05, 3.63) is 34.9 Å². The molecule has 0 aliphatic carbocycles. The summed E-state index contributed by atoms with van der Waals surface area (Å²) in [6, 6.07) is 7.88. The highest BCUT2D eigenvalue weighted by atomic mass is 35.5. The fourth-order valence-corrected chi connectivity index (χ4v) is 4.13. The quantitative estimate of drug-likeness (QED) is 0.890. The average Bonchev–Trinajstić information content (AvgIpc) is 2.53. The number of hydrogen-bond acceptors (Lipinski definition) is 2. The molecular weight excluding hydrogens is 312 g/mol. The predicted octanol–water partition coefficient (Wildman–Crippen LogP) is 1.64. The summed E-state index contributed by atoms with van der Waals surface area (Å²) >= 11 is 5.99. The van der Waals surface area contributed by atoms with Gasteiger partial charge >= 0.3 is 0 Å². The van der Waals surface area contributed by atoms with Crippen molar-refractivity contribution in [3.63, 3.8) is 0 Å². The highest BCUT2D eigenvalue weighted by molar-refractivity contribution is 6.30. The van der Waals surface area contributed by atoms with Gasteiger partial charge in [-0.1, -0.05) is 17.7 Å². The summed E-state index contributed by atoms with van der Waals surface area (Å²) in [7, 11) is 0. The molecule has 5 heteroatoms. The number of carbonyl (C=O) groups is 1. The van der Waals surface area contributed by atoms with Gasteiger partial charge in [0.2, 0.25) is 0 Å². The van der Waals surface area contributed by atoms with Crippen molar-refractivity contribution < 1.29 is 14.4 Å². The third-order valence-electron chi connectivity index (χ3n) is 4.99. The van der Waals surface area contributed by atoms with Crippen LogP contribution in [0.5, 0.6) is 0 Å². The van der Waals surface area contributed by atoms with Gasteiger partial charge in [0.05, 0.1) is 6.04 Å². The van der Waals surface area contributed by atoms with Gasteiger partial charge in [0, 0.05) is 36.5 Å². The smallest absolute Gasteiger partial charge is 0.253 e. The van der Waals surface area contributed by atoms with Crippen LogP contribution in [0.2, 0.25) is 5.02 Å². The van der Waals surface area contributed by atoms with Crippen LogP contribution in [0.15, 0.2) is 24.3 Å². The summed E-state index contributed by atoms with van der Waals surface area (Å²) in [5.74, 6) is 0.102. The highest BCUT2D eigenvalue weighted by Gasteiger charge is 2.34. The molecule has 1 aromatic rings. The molecule has 2 aliphatic rings. The summed E-state index contributed by atoms with van der Waals surface area (Å²) in [5, 5.41) is 0.617. The van der Waals surface area contributed by atoms with E-state index < -0.39 is 0 Å². The zero-order chi connectivity index (χ0) is 16.4. The lowest BCUT2D eigenvalue weighted by molar-refractivity contribution is -0.940. The number of piperidine rings is 1. The monoisotopic (exact) mass is 337 g/mol. The van der Waals surface area contributed by atoms with E-state index in [1.807, 2.05) is 17.0 Å². The molecule has 1 aromatic carbocycles.